The number of carbonyl (C=O) groups excluding carboxylic acids is 3. The monoisotopic (exact) mass is 447 g/mol. The third kappa shape index (κ3) is 5.71. The summed E-state index contributed by atoms with van der Waals surface area (Å²) in [5, 5.41) is 5.28. The zero-order chi connectivity index (χ0) is 23.8. The molecule has 0 bridgehead atoms. The van der Waals surface area contributed by atoms with Gasteiger partial charge >= 0.3 is 6.03 Å². The van der Waals surface area contributed by atoms with E-state index in [9.17, 15) is 14.4 Å². The number of rotatable bonds is 9. The standard InChI is InChI=1S/C25H25N3O5/c1-4-13-33-21-12-11-17(15-22(21)32-6-3)14-20-24(30)28(25(31)27-20)16-23(29)26-19-10-8-7-9-18(19)5-2/h1,7-12,14-15H,5-6,13,16H2,2-3H3,(H,26,29)(H,27,31)/b20-14+. The molecule has 0 aromatic heterocycles. The Balaban J connectivity index is 1.73. The van der Waals surface area contributed by atoms with Crippen LogP contribution < -0.4 is 20.1 Å². The molecular formula is C25H25N3O5. The molecule has 0 unspecified atom stereocenters. The lowest BCUT2D eigenvalue weighted by Crippen LogP contribution is -2.38. The van der Waals surface area contributed by atoms with Crippen molar-refractivity contribution in [3.63, 3.8) is 0 Å². The van der Waals surface area contributed by atoms with E-state index in [1.54, 1.807) is 24.3 Å². The van der Waals surface area contributed by atoms with E-state index in [-0.39, 0.29) is 12.3 Å². The molecule has 3 rings (SSSR count). The number of nitrogens with one attached hydrogen (secondary N) is 2. The Hall–Kier alpha value is -4.25. The average Bonchev–Trinajstić information content (AvgIpc) is 3.06. The molecule has 0 atom stereocenters. The summed E-state index contributed by atoms with van der Waals surface area (Å²) in [5.74, 6) is 2.27. The van der Waals surface area contributed by atoms with E-state index < -0.39 is 24.4 Å². The van der Waals surface area contributed by atoms with Gasteiger partial charge in [-0.25, -0.2) is 9.69 Å². The largest absolute Gasteiger partial charge is 0.490 e. The lowest BCUT2D eigenvalue weighted by Gasteiger charge is -2.13. The van der Waals surface area contributed by atoms with Gasteiger partial charge in [0.2, 0.25) is 5.91 Å². The first-order valence-corrected chi connectivity index (χ1v) is 10.5. The second-order valence-electron chi connectivity index (χ2n) is 7.07. The van der Waals surface area contributed by atoms with Crippen molar-refractivity contribution >= 4 is 29.6 Å². The molecule has 8 nitrogen and oxygen atoms in total. The quantitative estimate of drug-likeness (QED) is 0.350. The van der Waals surface area contributed by atoms with Crippen molar-refractivity contribution in [2.45, 2.75) is 20.3 Å². The topological polar surface area (TPSA) is 97.0 Å². The van der Waals surface area contributed by atoms with Crippen LogP contribution in [0.4, 0.5) is 10.5 Å². The number of para-hydroxylation sites is 1. The van der Waals surface area contributed by atoms with Crippen molar-refractivity contribution in [2.75, 3.05) is 25.1 Å². The van der Waals surface area contributed by atoms with Crippen LogP contribution in [-0.4, -0.2) is 42.5 Å². The number of terminal acetylenes is 1. The van der Waals surface area contributed by atoms with Crippen molar-refractivity contribution in [3.8, 4) is 23.8 Å². The number of aryl methyl sites for hydroxylation is 1. The van der Waals surface area contributed by atoms with Gasteiger partial charge in [-0.1, -0.05) is 37.1 Å². The maximum atomic E-state index is 12.8. The summed E-state index contributed by atoms with van der Waals surface area (Å²) in [5.41, 5.74) is 2.28. The van der Waals surface area contributed by atoms with E-state index in [4.69, 9.17) is 15.9 Å². The molecule has 170 valence electrons. The minimum Gasteiger partial charge on any atom is -0.490 e. The normalized spacial score (nSPS) is 14.1. The predicted molar refractivity (Wildman–Crippen MR) is 125 cm³/mol. The highest BCUT2D eigenvalue weighted by atomic mass is 16.5. The third-order valence-corrected chi connectivity index (χ3v) is 4.83. The highest BCUT2D eigenvalue weighted by Crippen LogP contribution is 2.29. The van der Waals surface area contributed by atoms with Crippen LogP contribution >= 0.6 is 0 Å². The van der Waals surface area contributed by atoms with Gasteiger partial charge in [0.1, 0.15) is 18.8 Å². The Morgan fingerprint density at radius 1 is 1.15 bits per heavy atom. The number of urea groups is 1. The second kappa shape index (κ2) is 10.9. The Labute approximate surface area is 192 Å². The van der Waals surface area contributed by atoms with Crippen molar-refractivity contribution in [3.05, 3.63) is 59.3 Å². The molecule has 0 spiro atoms. The number of nitrogens with zero attached hydrogens (tertiary/aromatic N) is 1. The smallest absolute Gasteiger partial charge is 0.329 e. The molecule has 8 heteroatoms. The number of hydrogen-bond donors (Lipinski definition) is 2. The molecular weight excluding hydrogens is 422 g/mol. The summed E-state index contributed by atoms with van der Waals surface area (Å²) in [6.07, 6.45) is 7.49. The van der Waals surface area contributed by atoms with Gasteiger partial charge in [-0.05, 0) is 48.7 Å². The van der Waals surface area contributed by atoms with Crippen molar-refractivity contribution in [2.24, 2.45) is 0 Å². The molecule has 1 aliphatic rings. The summed E-state index contributed by atoms with van der Waals surface area (Å²) in [6.45, 7) is 3.91. The summed E-state index contributed by atoms with van der Waals surface area (Å²) in [6, 6.07) is 11.8. The Bertz CT molecular complexity index is 1130. The number of anilines is 1. The zero-order valence-electron chi connectivity index (χ0n) is 18.5. The summed E-state index contributed by atoms with van der Waals surface area (Å²) >= 11 is 0. The lowest BCUT2D eigenvalue weighted by atomic mass is 10.1. The molecule has 1 aliphatic heterocycles. The van der Waals surface area contributed by atoms with Crippen LogP contribution in [-0.2, 0) is 16.0 Å². The first-order chi connectivity index (χ1) is 16.0. The molecule has 0 saturated carbocycles. The third-order valence-electron chi connectivity index (χ3n) is 4.83. The number of benzene rings is 2. The van der Waals surface area contributed by atoms with E-state index in [0.717, 1.165) is 16.9 Å². The zero-order valence-corrected chi connectivity index (χ0v) is 18.5. The van der Waals surface area contributed by atoms with E-state index in [0.29, 0.717) is 29.4 Å². The maximum absolute atomic E-state index is 12.8. The van der Waals surface area contributed by atoms with E-state index in [1.807, 2.05) is 32.0 Å². The molecule has 4 amide bonds. The van der Waals surface area contributed by atoms with Crippen LogP contribution in [0.25, 0.3) is 6.08 Å². The van der Waals surface area contributed by atoms with Crippen LogP contribution in [0.15, 0.2) is 48.2 Å². The summed E-state index contributed by atoms with van der Waals surface area (Å²) in [4.78, 5) is 38.5. The Kier molecular flexibility index (Phi) is 7.71. The molecule has 2 N–H and O–H groups in total. The van der Waals surface area contributed by atoms with Gasteiger partial charge in [0.15, 0.2) is 11.5 Å². The van der Waals surface area contributed by atoms with E-state index >= 15 is 0 Å². The molecule has 0 aliphatic carbocycles. The van der Waals surface area contributed by atoms with Gasteiger partial charge in [-0.3, -0.25) is 9.59 Å². The maximum Gasteiger partial charge on any atom is 0.329 e. The van der Waals surface area contributed by atoms with Crippen LogP contribution in [0.3, 0.4) is 0 Å². The number of ether oxygens (including phenoxy) is 2. The van der Waals surface area contributed by atoms with Gasteiger partial charge in [-0.15, -0.1) is 6.42 Å². The number of hydrogen-bond acceptors (Lipinski definition) is 5. The minimum absolute atomic E-state index is 0.0569. The van der Waals surface area contributed by atoms with Gasteiger partial charge < -0.3 is 20.1 Å². The molecule has 2 aromatic rings. The fourth-order valence-corrected chi connectivity index (χ4v) is 3.29. The fourth-order valence-electron chi connectivity index (χ4n) is 3.29. The highest BCUT2D eigenvalue weighted by Gasteiger charge is 2.35. The van der Waals surface area contributed by atoms with Crippen molar-refractivity contribution in [1.29, 1.82) is 0 Å². The number of amides is 4. The van der Waals surface area contributed by atoms with Gasteiger partial charge in [0.25, 0.3) is 5.91 Å². The van der Waals surface area contributed by atoms with Gasteiger partial charge in [-0.2, -0.15) is 0 Å². The lowest BCUT2D eigenvalue weighted by molar-refractivity contribution is -0.127. The van der Waals surface area contributed by atoms with E-state index in [2.05, 4.69) is 16.6 Å². The fraction of sp³-hybridized carbons (Fsp3) is 0.240. The molecule has 1 heterocycles. The number of imide groups is 1. The van der Waals surface area contributed by atoms with Crippen molar-refractivity contribution < 1.29 is 23.9 Å². The predicted octanol–water partition coefficient (Wildman–Crippen LogP) is 3.19. The average molecular weight is 447 g/mol. The molecule has 1 fully saturated rings. The summed E-state index contributed by atoms with van der Waals surface area (Å²) < 4.78 is 11.0. The Morgan fingerprint density at radius 2 is 1.94 bits per heavy atom. The van der Waals surface area contributed by atoms with Crippen molar-refractivity contribution in [1.82, 2.24) is 10.2 Å². The molecule has 2 aromatic carbocycles. The number of carbonyl (C=O) groups is 3. The van der Waals surface area contributed by atoms with Gasteiger partial charge in [0, 0.05) is 5.69 Å². The van der Waals surface area contributed by atoms with E-state index in [1.165, 1.54) is 6.08 Å². The minimum atomic E-state index is -0.663. The molecule has 0 radical (unpaired) electrons. The van der Waals surface area contributed by atoms with Crippen LogP contribution in [0.1, 0.15) is 25.0 Å². The Morgan fingerprint density at radius 3 is 2.67 bits per heavy atom. The second-order valence-corrected chi connectivity index (χ2v) is 7.07. The molecule has 33 heavy (non-hydrogen) atoms. The summed E-state index contributed by atoms with van der Waals surface area (Å²) in [7, 11) is 0. The van der Waals surface area contributed by atoms with Gasteiger partial charge in [0.05, 0.1) is 6.61 Å². The first-order valence-electron chi connectivity index (χ1n) is 10.5. The highest BCUT2D eigenvalue weighted by molar-refractivity contribution is 6.16. The van der Waals surface area contributed by atoms with Crippen LogP contribution in [0.5, 0.6) is 11.5 Å². The molecule has 1 saturated heterocycles. The SMILES string of the molecule is C#CCOc1ccc(/C=C2/NC(=O)N(CC(=O)Nc3ccccc3CC)C2=O)cc1OCC. The van der Waals surface area contributed by atoms with Crippen LogP contribution in [0.2, 0.25) is 0 Å². The van der Waals surface area contributed by atoms with Crippen LogP contribution in [0, 0.1) is 12.3 Å². The first kappa shape index (κ1) is 23.4.